The van der Waals surface area contributed by atoms with E-state index < -0.39 is 57.0 Å². The molecule has 0 N–H and O–H groups in total. The van der Waals surface area contributed by atoms with Gasteiger partial charge in [0.25, 0.3) is 0 Å². The molecular formula is C29H35F5O4S3. The average Bonchev–Trinajstić information content (AvgIpc) is 3.47. The zero-order valence-electron chi connectivity index (χ0n) is 23.7. The molecule has 0 amide bonds. The van der Waals surface area contributed by atoms with Crippen molar-refractivity contribution in [2.45, 2.75) is 83.0 Å². The molecule has 0 radical (unpaired) electrons. The van der Waals surface area contributed by atoms with Crippen molar-refractivity contribution < 1.29 is 41.0 Å². The molecule has 1 saturated heterocycles. The predicted octanol–water partition coefficient (Wildman–Crippen LogP) is 8.36. The molecule has 228 valence electrons. The third-order valence-electron chi connectivity index (χ3n) is 8.56. The summed E-state index contributed by atoms with van der Waals surface area (Å²) in [5.41, 5.74) is -0.370. The lowest BCUT2D eigenvalue weighted by Gasteiger charge is -2.48. The second-order valence-electron chi connectivity index (χ2n) is 12.5. The Balaban J connectivity index is 1.68. The third-order valence-corrected chi connectivity index (χ3v) is 12.2. The minimum atomic E-state index is -2.29. The average molecular weight is 639 g/mol. The maximum absolute atomic E-state index is 14.3. The number of ether oxygens (including phenoxy) is 3. The van der Waals surface area contributed by atoms with Crippen LogP contribution in [0.4, 0.5) is 22.0 Å². The SMILES string of the molecule is C=C(C)[C@@H]1C[C@H](OC(=S)Oc2c(F)c(F)c(F)c(F)c2F)[C@@]2(C)CC[C@@H](OC(=O)C(C)(C)C)[C@H]2CC2(C1)SCCS2. The molecule has 1 aromatic rings. The Kier molecular flexibility index (Phi) is 9.37. The molecule has 0 aromatic heterocycles. The van der Waals surface area contributed by atoms with Gasteiger partial charge in [-0.3, -0.25) is 4.79 Å². The molecule has 12 heteroatoms. The highest BCUT2D eigenvalue weighted by Gasteiger charge is 2.58. The van der Waals surface area contributed by atoms with Crippen molar-refractivity contribution in [2.24, 2.45) is 22.7 Å². The van der Waals surface area contributed by atoms with E-state index in [9.17, 15) is 26.7 Å². The van der Waals surface area contributed by atoms with Gasteiger partial charge in [0, 0.05) is 35.1 Å². The summed E-state index contributed by atoms with van der Waals surface area (Å²) in [5.74, 6) is -10.8. The first-order valence-corrected chi connectivity index (χ1v) is 15.9. The number of thioether (sulfide) groups is 2. The number of rotatable bonds is 4. The number of fused-ring (bicyclic) bond motifs is 1. The number of carbonyl (C=O) groups excluding carboxylic acids is 1. The Morgan fingerprint density at radius 2 is 1.54 bits per heavy atom. The molecule has 0 bridgehead atoms. The van der Waals surface area contributed by atoms with E-state index in [1.165, 1.54) is 0 Å². The van der Waals surface area contributed by atoms with Gasteiger partial charge in [0.15, 0.2) is 0 Å². The predicted molar refractivity (Wildman–Crippen MR) is 154 cm³/mol. The highest BCUT2D eigenvalue weighted by Crippen LogP contribution is 2.62. The summed E-state index contributed by atoms with van der Waals surface area (Å²) >= 11 is 8.99. The molecule has 41 heavy (non-hydrogen) atoms. The van der Waals surface area contributed by atoms with E-state index in [1.807, 2.05) is 37.4 Å². The van der Waals surface area contributed by atoms with Gasteiger partial charge in [-0.2, -0.15) is 8.78 Å². The molecule has 0 unspecified atom stereocenters. The number of benzene rings is 1. The van der Waals surface area contributed by atoms with Crippen molar-refractivity contribution >= 4 is 46.9 Å². The van der Waals surface area contributed by atoms with Gasteiger partial charge in [-0.1, -0.05) is 19.1 Å². The Morgan fingerprint density at radius 3 is 2.07 bits per heavy atom. The van der Waals surface area contributed by atoms with E-state index in [1.54, 1.807) is 20.8 Å². The van der Waals surface area contributed by atoms with Crippen LogP contribution in [0.3, 0.4) is 0 Å². The van der Waals surface area contributed by atoms with Crippen LogP contribution in [0, 0.1) is 51.8 Å². The van der Waals surface area contributed by atoms with Gasteiger partial charge in [-0.15, -0.1) is 23.5 Å². The summed E-state index contributed by atoms with van der Waals surface area (Å²) < 4.78 is 86.8. The first kappa shape index (κ1) is 32.4. The fourth-order valence-electron chi connectivity index (χ4n) is 6.08. The lowest BCUT2D eigenvalue weighted by atomic mass is 9.66. The standard InChI is InChI=1S/C29H35F5O4S3/c1-14(2)15-11-18(37-26(39)38-24-22(33)20(31)19(30)21(32)23(24)34)28(6)8-7-17(36-25(35)27(3,4)5)16(28)13-29(12-15)40-9-10-41-29/h15-18H,1,7-13H2,2-6H3/t15-,16-,17-,18+,28+/m1/s1. The monoisotopic (exact) mass is 638 g/mol. The summed E-state index contributed by atoms with van der Waals surface area (Å²) in [5, 5.41) is -0.756. The zero-order chi connectivity index (χ0) is 30.5. The zero-order valence-corrected chi connectivity index (χ0v) is 26.2. The molecule has 2 aliphatic carbocycles. The molecule has 1 aliphatic heterocycles. The number of halogens is 5. The van der Waals surface area contributed by atoms with Crippen molar-refractivity contribution in [3.8, 4) is 5.75 Å². The Bertz CT molecular complexity index is 1200. The summed E-state index contributed by atoms with van der Waals surface area (Å²) in [4.78, 5) is 12.9. The smallest absolute Gasteiger partial charge is 0.358 e. The van der Waals surface area contributed by atoms with Crippen LogP contribution in [-0.2, 0) is 14.3 Å². The highest BCUT2D eigenvalue weighted by atomic mass is 32.2. The van der Waals surface area contributed by atoms with E-state index in [4.69, 9.17) is 26.4 Å². The number of hydrogen-bond acceptors (Lipinski definition) is 7. The molecule has 1 heterocycles. The number of esters is 1. The van der Waals surface area contributed by atoms with Crippen molar-refractivity contribution in [2.75, 3.05) is 11.5 Å². The van der Waals surface area contributed by atoms with Crippen LogP contribution >= 0.6 is 35.7 Å². The Labute approximate surface area is 251 Å². The van der Waals surface area contributed by atoms with Crippen LogP contribution in [0.1, 0.15) is 66.7 Å². The van der Waals surface area contributed by atoms with Crippen molar-refractivity contribution in [1.82, 2.24) is 0 Å². The van der Waals surface area contributed by atoms with Crippen LogP contribution in [-0.4, -0.2) is 39.0 Å². The van der Waals surface area contributed by atoms with Gasteiger partial charge < -0.3 is 14.2 Å². The molecule has 5 atom stereocenters. The minimum Gasteiger partial charge on any atom is -0.462 e. The highest BCUT2D eigenvalue weighted by molar-refractivity contribution is 8.21. The van der Waals surface area contributed by atoms with Gasteiger partial charge in [0.1, 0.15) is 12.2 Å². The molecule has 3 fully saturated rings. The van der Waals surface area contributed by atoms with Crippen LogP contribution in [0.25, 0.3) is 0 Å². The second kappa shape index (κ2) is 11.9. The Hall–Kier alpha value is -1.53. The maximum atomic E-state index is 14.3. The molecule has 1 aromatic carbocycles. The number of hydrogen-bond donors (Lipinski definition) is 0. The van der Waals surface area contributed by atoms with Gasteiger partial charge >= 0.3 is 11.2 Å². The topological polar surface area (TPSA) is 44.8 Å². The molecule has 2 saturated carbocycles. The van der Waals surface area contributed by atoms with Gasteiger partial charge in [-0.05, 0) is 65.7 Å². The van der Waals surface area contributed by atoms with Gasteiger partial charge in [0.05, 0.1) is 9.49 Å². The normalized spacial score (nSPS) is 29.4. The van der Waals surface area contributed by atoms with Crippen molar-refractivity contribution in [3.05, 3.63) is 41.2 Å². The van der Waals surface area contributed by atoms with Crippen LogP contribution in [0.5, 0.6) is 5.75 Å². The lowest BCUT2D eigenvalue weighted by molar-refractivity contribution is -0.163. The quantitative estimate of drug-likeness (QED) is 0.0820. The number of carbonyl (C=O) groups is 1. The largest absolute Gasteiger partial charge is 0.462 e. The van der Waals surface area contributed by atoms with E-state index in [0.29, 0.717) is 19.3 Å². The summed E-state index contributed by atoms with van der Waals surface area (Å²) in [6.45, 7) is 13.5. The summed E-state index contributed by atoms with van der Waals surface area (Å²) in [6.07, 6.45) is 2.08. The molecule has 4 nitrogen and oxygen atoms in total. The fraction of sp³-hybridized carbons (Fsp3) is 0.655. The second-order valence-corrected chi connectivity index (χ2v) is 16.0. The first-order chi connectivity index (χ1) is 19.0. The molecule has 1 spiro atoms. The van der Waals surface area contributed by atoms with Crippen molar-refractivity contribution in [1.29, 1.82) is 0 Å². The first-order valence-electron chi connectivity index (χ1n) is 13.5. The molecule has 4 rings (SSSR count). The maximum Gasteiger partial charge on any atom is 0.358 e. The van der Waals surface area contributed by atoms with Crippen molar-refractivity contribution in [3.63, 3.8) is 0 Å². The molecule has 3 aliphatic rings. The van der Waals surface area contributed by atoms with Crippen LogP contribution < -0.4 is 4.74 Å². The van der Waals surface area contributed by atoms with Gasteiger partial charge in [0.2, 0.25) is 34.8 Å². The van der Waals surface area contributed by atoms with E-state index >= 15 is 0 Å². The third kappa shape index (κ3) is 6.39. The number of allylic oxidation sites excluding steroid dienone is 1. The molecular weight excluding hydrogens is 604 g/mol. The minimum absolute atomic E-state index is 0.00373. The van der Waals surface area contributed by atoms with Gasteiger partial charge in [-0.25, -0.2) is 13.2 Å². The van der Waals surface area contributed by atoms with E-state index in [2.05, 4.69) is 6.58 Å². The summed E-state index contributed by atoms with van der Waals surface area (Å²) in [7, 11) is 0. The van der Waals surface area contributed by atoms with Crippen LogP contribution in [0.2, 0.25) is 0 Å². The van der Waals surface area contributed by atoms with Crippen LogP contribution in [0.15, 0.2) is 12.2 Å². The Morgan fingerprint density at radius 1 is 0.976 bits per heavy atom. The van der Waals surface area contributed by atoms with E-state index in [-0.39, 0.29) is 28.0 Å². The summed E-state index contributed by atoms with van der Waals surface area (Å²) in [6, 6.07) is 0. The van der Waals surface area contributed by atoms with E-state index in [0.717, 1.165) is 29.9 Å². The number of thiocarbonyl (C=S) groups is 1. The lowest BCUT2D eigenvalue weighted by Crippen LogP contribution is -2.48. The fourth-order valence-corrected chi connectivity index (χ4v) is 9.75.